The average Bonchev–Trinajstić information content (AvgIpc) is 2.53. The van der Waals surface area contributed by atoms with Crippen LogP contribution in [0, 0.1) is 0 Å². The fraction of sp³-hybridized carbons (Fsp3) is 1.00. The summed E-state index contributed by atoms with van der Waals surface area (Å²) >= 11 is 0. The Bertz CT molecular complexity index is 128. The molecule has 2 nitrogen and oxygen atoms in total. The maximum Gasteiger partial charge on any atom is 0.0626 e. The lowest BCUT2D eigenvalue weighted by atomic mass is 10.1. The highest BCUT2D eigenvalue weighted by molar-refractivity contribution is 4.75. The molecule has 0 saturated carbocycles. The molecule has 1 heterocycles. The first-order valence-electron chi connectivity index (χ1n) is 5.01. The van der Waals surface area contributed by atoms with E-state index in [1.54, 1.807) is 0 Å². The summed E-state index contributed by atoms with van der Waals surface area (Å²) in [5.41, 5.74) is 0.0598. The summed E-state index contributed by atoms with van der Waals surface area (Å²) in [5.74, 6) is 0. The molecular weight excluding hydrogens is 150 g/mol. The maximum atomic E-state index is 5.80. The minimum atomic E-state index is 0.0598. The fourth-order valence-electron chi connectivity index (χ4n) is 1.33. The summed E-state index contributed by atoms with van der Waals surface area (Å²) in [7, 11) is 0. The first-order chi connectivity index (χ1) is 5.64. The summed E-state index contributed by atoms with van der Waals surface area (Å²) < 4.78 is 5.80. The highest BCUT2D eigenvalue weighted by Crippen LogP contribution is 2.15. The largest absolute Gasteiger partial charge is 0.374 e. The van der Waals surface area contributed by atoms with Crippen LogP contribution in [-0.2, 0) is 4.74 Å². The Kier molecular flexibility index (Phi) is 3.53. The van der Waals surface area contributed by atoms with Crippen LogP contribution in [0.2, 0.25) is 0 Å². The Labute approximate surface area is 75.7 Å². The number of ether oxygens (including phenoxy) is 1. The molecule has 0 amide bonds. The van der Waals surface area contributed by atoms with Crippen molar-refractivity contribution in [2.24, 2.45) is 0 Å². The molecule has 0 aromatic rings. The van der Waals surface area contributed by atoms with Gasteiger partial charge < -0.3 is 10.1 Å². The van der Waals surface area contributed by atoms with E-state index in [4.69, 9.17) is 4.74 Å². The Morgan fingerprint density at radius 2 is 2.25 bits per heavy atom. The van der Waals surface area contributed by atoms with Gasteiger partial charge in [0.15, 0.2) is 0 Å². The van der Waals surface area contributed by atoms with Gasteiger partial charge in [0.25, 0.3) is 0 Å². The first kappa shape index (κ1) is 10.0. The second kappa shape index (κ2) is 4.24. The van der Waals surface area contributed by atoms with E-state index < -0.39 is 0 Å². The van der Waals surface area contributed by atoms with Gasteiger partial charge in [-0.2, -0.15) is 0 Å². The van der Waals surface area contributed by atoms with E-state index in [1.807, 2.05) is 0 Å². The smallest absolute Gasteiger partial charge is 0.0626 e. The molecule has 0 unspecified atom stereocenters. The van der Waals surface area contributed by atoms with E-state index >= 15 is 0 Å². The van der Waals surface area contributed by atoms with Crippen molar-refractivity contribution in [3.8, 4) is 0 Å². The topological polar surface area (TPSA) is 21.3 Å². The number of rotatable bonds is 4. The number of nitrogens with one attached hydrogen (secondary N) is 1. The lowest BCUT2D eigenvalue weighted by Crippen LogP contribution is -2.33. The van der Waals surface area contributed by atoms with Crippen molar-refractivity contribution in [1.29, 1.82) is 0 Å². The highest BCUT2D eigenvalue weighted by atomic mass is 16.5. The minimum absolute atomic E-state index is 0.0598. The van der Waals surface area contributed by atoms with Crippen LogP contribution in [0.25, 0.3) is 0 Å². The van der Waals surface area contributed by atoms with Crippen LogP contribution in [0.4, 0.5) is 0 Å². The SMILES string of the molecule is CCC(C)(C)OC[C@@H]1CCCN1. The van der Waals surface area contributed by atoms with Crippen LogP contribution < -0.4 is 5.32 Å². The van der Waals surface area contributed by atoms with Gasteiger partial charge in [0.2, 0.25) is 0 Å². The van der Waals surface area contributed by atoms with Gasteiger partial charge in [-0.25, -0.2) is 0 Å². The lowest BCUT2D eigenvalue weighted by molar-refractivity contribution is -0.0283. The van der Waals surface area contributed by atoms with Gasteiger partial charge in [0.1, 0.15) is 0 Å². The Morgan fingerprint density at radius 3 is 2.75 bits per heavy atom. The van der Waals surface area contributed by atoms with Gasteiger partial charge in [-0.15, -0.1) is 0 Å². The molecule has 1 atom stereocenters. The van der Waals surface area contributed by atoms with Gasteiger partial charge >= 0.3 is 0 Å². The lowest BCUT2D eigenvalue weighted by Gasteiger charge is -2.25. The van der Waals surface area contributed by atoms with E-state index in [9.17, 15) is 0 Å². The van der Waals surface area contributed by atoms with E-state index in [-0.39, 0.29) is 5.60 Å². The third-order valence-corrected chi connectivity index (χ3v) is 2.69. The second-order valence-electron chi connectivity index (χ2n) is 4.22. The van der Waals surface area contributed by atoms with Crippen molar-refractivity contribution in [1.82, 2.24) is 5.32 Å². The van der Waals surface area contributed by atoms with Crippen molar-refractivity contribution in [3.05, 3.63) is 0 Å². The first-order valence-corrected chi connectivity index (χ1v) is 5.01. The molecule has 0 radical (unpaired) electrons. The average molecular weight is 171 g/mol. The fourth-order valence-corrected chi connectivity index (χ4v) is 1.33. The number of hydrogen-bond donors (Lipinski definition) is 1. The van der Waals surface area contributed by atoms with E-state index in [1.165, 1.54) is 19.4 Å². The van der Waals surface area contributed by atoms with Crippen LogP contribution in [0.3, 0.4) is 0 Å². The zero-order chi connectivity index (χ0) is 9.03. The molecule has 1 fully saturated rings. The Morgan fingerprint density at radius 1 is 1.50 bits per heavy atom. The van der Waals surface area contributed by atoms with Crippen LogP contribution >= 0.6 is 0 Å². The Balaban J connectivity index is 2.15. The third kappa shape index (κ3) is 3.11. The molecule has 0 bridgehead atoms. The minimum Gasteiger partial charge on any atom is -0.374 e. The molecule has 0 aromatic heterocycles. The highest BCUT2D eigenvalue weighted by Gasteiger charge is 2.20. The van der Waals surface area contributed by atoms with Gasteiger partial charge in [-0.3, -0.25) is 0 Å². The van der Waals surface area contributed by atoms with E-state index in [0.29, 0.717) is 6.04 Å². The molecular formula is C10H21NO. The summed E-state index contributed by atoms with van der Waals surface area (Å²) in [5, 5.41) is 3.43. The zero-order valence-electron chi connectivity index (χ0n) is 8.52. The Hall–Kier alpha value is -0.0800. The van der Waals surface area contributed by atoms with Gasteiger partial charge in [-0.05, 0) is 39.7 Å². The molecule has 1 aliphatic rings. The molecule has 1 N–H and O–H groups in total. The molecule has 12 heavy (non-hydrogen) atoms. The predicted molar refractivity (Wildman–Crippen MR) is 51.3 cm³/mol. The summed E-state index contributed by atoms with van der Waals surface area (Å²) in [6, 6.07) is 0.607. The van der Waals surface area contributed by atoms with Gasteiger partial charge in [-0.1, -0.05) is 6.92 Å². The molecule has 1 aliphatic heterocycles. The molecule has 1 rings (SSSR count). The molecule has 1 saturated heterocycles. The summed E-state index contributed by atoms with van der Waals surface area (Å²) in [6.45, 7) is 8.52. The standard InChI is InChI=1S/C10H21NO/c1-4-10(2,3)12-8-9-6-5-7-11-9/h9,11H,4-8H2,1-3H3/t9-/m0/s1. The molecule has 0 spiro atoms. The van der Waals surface area contributed by atoms with Gasteiger partial charge in [0.05, 0.1) is 12.2 Å². The molecule has 2 heteroatoms. The molecule has 72 valence electrons. The van der Waals surface area contributed by atoms with Crippen LogP contribution in [0.1, 0.15) is 40.0 Å². The summed E-state index contributed by atoms with van der Waals surface area (Å²) in [4.78, 5) is 0. The van der Waals surface area contributed by atoms with Crippen molar-refractivity contribution in [2.45, 2.75) is 51.7 Å². The van der Waals surface area contributed by atoms with Crippen LogP contribution in [0.15, 0.2) is 0 Å². The van der Waals surface area contributed by atoms with Crippen molar-refractivity contribution >= 4 is 0 Å². The summed E-state index contributed by atoms with van der Waals surface area (Å²) in [6.07, 6.45) is 3.67. The van der Waals surface area contributed by atoms with E-state index in [0.717, 1.165) is 13.0 Å². The quantitative estimate of drug-likeness (QED) is 0.698. The van der Waals surface area contributed by atoms with Crippen LogP contribution in [0.5, 0.6) is 0 Å². The number of hydrogen-bond acceptors (Lipinski definition) is 2. The van der Waals surface area contributed by atoms with E-state index in [2.05, 4.69) is 26.1 Å². The monoisotopic (exact) mass is 171 g/mol. The molecule has 0 aliphatic carbocycles. The maximum absolute atomic E-state index is 5.80. The zero-order valence-corrected chi connectivity index (χ0v) is 8.52. The van der Waals surface area contributed by atoms with Gasteiger partial charge in [0, 0.05) is 6.04 Å². The van der Waals surface area contributed by atoms with Crippen molar-refractivity contribution < 1.29 is 4.74 Å². The van der Waals surface area contributed by atoms with Crippen molar-refractivity contribution in [2.75, 3.05) is 13.2 Å². The van der Waals surface area contributed by atoms with Crippen molar-refractivity contribution in [3.63, 3.8) is 0 Å². The second-order valence-corrected chi connectivity index (χ2v) is 4.22. The normalized spacial score (nSPS) is 24.8. The predicted octanol–water partition coefficient (Wildman–Crippen LogP) is 1.94. The molecule has 0 aromatic carbocycles. The van der Waals surface area contributed by atoms with Crippen LogP contribution in [-0.4, -0.2) is 24.8 Å². The third-order valence-electron chi connectivity index (χ3n) is 2.69.